The topological polar surface area (TPSA) is 63.2 Å². The summed E-state index contributed by atoms with van der Waals surface area (Å²) in [6.45, 7) is 3.28. The first kappa shape index (κ1) is 14.4. The molecule has 0 spiro atoms. The molecule has 1 aromatic heterocycles. The van der Waals surface area contributed by atoms with Crippen molar-refractivity contribution in [3.63, 3.8) is 0 Å². The molecule has 1 rings (SSSR count). The Morgan fingerprint density at radius 3 is 2.83 bits per heavy atom. The van der Waals surface area contributed by atoms with Crippen LogP contribution >= 0.6 is 0 Å². The first-order chi connectivity index (χ1) is 8.71. The number of amides is 1. The van der Waals surface area contributed by atoms with Crippen molar-refractivity contribution >= 4 is 11.7 Å². The predicted octanol–water partition coefficient (Wildman–Crippen LogP) is 1.45. The zero-order chi connectivity index (χ0) is 13.4. The van der Waals surface area contributed by atoms with Gasteiger partial charge in [0, 0.05) is 38.6 Å². The summed E-state index contributed by atoms with van der Waals surface area (Å²) in [5, 5.41) is 5.82. The molecule has 0 aliphatic heterocycles. The van der Waals surface area contributed by atoms with Crippen LogP contribution in [-0.2, 0) is 11.2 Å². The molecule has 2 N–H and O–H groups in total. The summed E-state index contributed by atoms with van der Waals surface area (Å²) in [6.07, 6.45) is 1.62. The fourth-order valence-corrected chi connectivity index (χ4v) is 1.55. The van der Waals surface area contributed by atoms with E-state index in [9.17, 15) is 4.79 Å². The van der Waals surface area contributed by atoms with Crippen LogP contribution in [0.25, 0.3) is 0 Å². The first-order valence-corrected chi connectivity index (χ1v) is 6.17. The second kappa shape index (κ2) is 7.66. The number of nitrogens with one attached hydrogen (secondary N) is 2. The van der Waals surface area contributed by atoms with Crippen molar-refractivity contribution in [1.29, 1.82) is 0 Å². The summed E-state index contributed by atoms with van der Waals surface area (Å²) in [5.41, 5.74) is 1.55. The average molecular weight is 251 g/mol. The van der Waals surface area contributed by atoms with E-state index >= 15 is 0 Å². The van der Waals surface area contributed by atoms with Crippen LogP contribution in [0.1, 0.15) is 29.4 Å². The zero-order valence-electron chi connectivity index (χ0n) is 11.2. The third kappa shape index (κ3) is 4.33. The first-order valence-electron chi connectivity index (χ1n) is 6.17. The highest BCUT2D eigenvalue weighted by molar-refractivity contribution is 5.94. The fraction of sp³-hybridized carbons (Fsp3) is 0.538. The molecule has 0 radical (unpaired) electrons. The lowest BCUT2D eigenvalue weighted by atomic mass is 10.2. The summed E-state index contributed by atoms with van der Waals surface area (Å²) >= 11 is 0. The summed E-state index contributed by atoms with van der Waals surface area (Å²) in [7, 11) is 3.44. The lowest BCUT2D eigenvalue weighted by Crippen LogP contribution is -2.25. The van der Waals surface area contributed by atoms with Gasteiger partial charge in [0.1, 0.15) is 5.82 Å². The Morgan fingerprint density at radius 1 is 1.44 bits per heavy atom. The van der Waals surface area contributed by atoms with Crippen molar-refractivity contribution in [3.8, 4) is 0 Å². The Labute approximate surface area is 108 Å². The number of anilines is 1. The van der Waals surface area contributed by atoms with E-state index in [1.165, 1.54) is 0 Å². The molecule has 0 saturated carbocycles. The standard InChI is InChI=1S/C13H21N3O2/c1-4-11-8-10(9-12(14-2)16-11)13(17)15-6-5-7-18-3/h8-9H,4-7H2,1-3H3,(H,14,16)(H,15,17). The largest absolute Gasteiger partial charge is 0.385 e. The quantitative estimate of drug-likeness (QED) is 0.720. The Bertz CT molecular complexity index is 372. The minimum absolute atomic E-state index is 0.0697. The normalized spacial score (nSPS) is 10.2. The summed E-state index contributed by atoms with van der Waals surface area (Å²) < 4.78 is 4.93. The molecule has 1 aromatic rings. The maximum Gasteiger partial charge on any atom is 0.251 e. The van der Waals surface area contributed by atoms with Crippen LogP contribution in [0.15, 0.2) is 12.1 Å². The van der Waals surface area contributed by atoms with Crippen LogP contribution in [-0.4, -0.2) is 38.2 Å². The molecule has 5 nitrogen and oxygen atoms in total. The molecule has 5 heteroatoms. The minimum Gasteiger partial charge on any atom is -0.385 e. The molecule has 1 heterocycles. The van der Waals surface area contributed by atoms with Gasteiger partial charge in [-0.25, -0.2) is 4.98 Å². The molecule has 100 valence electrons. The van der Waals surface area contributed by atoms with E-state index in [4.69, 9.17) is 4.74 Å². The predicted molar refractivity (Wildman–Crippen MR) is 72.0 cm³/mol. The van der Waals surface area contributed by atoms with Gasteiger partial charge in [0.15, 0.2) is 0 Å². The molecule has 18 heavy (non-hydrogen) atoms. The molecular formula is C13H21N3O2. The summed E-state index contributed by atoms with van der Waals surface area (Å²) in [6, 6.07) is 3.58. The number of carbonyl (C=O) groups excluding carboxylic acids is 1. The number of rotatable bonds is 7. The van der Waals surface area contributed by atoms with E-state index in [2.05, 4.69) is 15.6 Å². The average Bonchev–Trinajstić information content (AvgIpc) is 2.42. The zero-order valence-corrected chi connectivity index (χ0v) is 11.2. The highest BCUT2D eigenvalue weighted by Gasteiger charge is 2.08. The van der Waals surface area contributed by atoms with E-state index in [1.54, 1.807) is 20.2 Å². The van der Waals surface area contributed by atoms with Gasteiger partial charge < -0.3 is 15.4 Å². The summed E-state index contributed by atoms with van der Waals surface area (Å²) in [4.78, 5) is 16.3. The molecule has 0 bridgehead atoms. The molecule has 1 amide bonds. The number of hydrogen-bond donors (Lipinski definition) is 2. The van der Waals surface area contributed by atoms with Crippen molar-refractivity contribution in [2.75, 3.05) is 32.6 Å². The number of pyridine rings is 1. The van der Waals surface area contributed by atoms with Gasteiger partial charge in [-0.2, -0.15) is 0 Å². The second-order valence-corrected chi connectivity index (χ2v) is 3.94. The highest BCUT2D eigenvalue weighted by Crippen LogP contribution is 2.10. The molecule has 0 aromatic carbocycles. The molecule has 0 aliphatic rings. The lowest BCUT2D eigenvalue weighted by molar-refractivity contribution is 0.0948. The van der Waals surface area contributed by atoms with Crippen LogP contribution in [0.2, 0.25) is 0 Å². The van der Waals surface area contributed by atoms with Crippen LogP contribution < -0.4 is 10.6 Å². The molecule has 0 unspecified atom stereocenters. The number of ether oxygens (including phenoxy) is 1. The smallest absolute Gasteiger partial charge is 0.251 e. The maximum atomic E-state index is 11.9. The van der Waals surface area contributed by atoms with Crippen LogP contribution in [0.5, 0.6) is 0 Å². The van der Waals surface area contributed by atoms with E-state index in [0.717, 1.165) is 24.4 Å². The molecule has 0 atom stereocenters. The lowest BCUT2D eigenvalue weighted by Gasteiger charge is -2.08. The number of aryl methyl sites for hydroxylation is 1. The van der Waals surface area contributed by atoms with Crippen molar-refractivity contribution in [3.05, 3.63) is 23.4 Å². The van der Waals surface area contributed by atoms with E-state index < -0.39 is 0 Å². The molecule has 0 saturated heterocycles. The Hall–Kier alpha value is -1.62. The van der Waals surface area contributed by atoms with Crippen molar-refractivity contribution in [2.45, 2.75) is 19.8 Å². The monoisotopic (exact) mass is 251 g/mol. The van der Waals surface area contributed by atoms with Crippen molar-refractivity contribution in [1.82, 2.24) is 10.3 Å². The number of methoxy groups -OCH3 is 1. The summed E-state index contributed by atoms with van der Waals surface area (Å²) in [5.74, 6) is 0.649. The van der Waals surface area contributed by atoms with Gasteiger partial charge in [0.2, 0.25) is 0 Å². The molecular weight excluding hydrogens is 230 g/mol. The SMILES string of the molecule is CCc1cc(C(=O)NCCCOC)cc(NC)n1. The maximum absolute atomic E-state index is 11.9. The van der Waals surface area contributed by atoms with Crippen LogP contribution in [0.3, 0.4) is 0 Å². The Morgan fingerprint density at radius 2 is 2.22 bits per heavy atom. The molecule has 0 aliphatic carbocycles. The highest BCUT2D eigenvalue weighted by atomic mass is 16.5. The number of aromatic nitrogens is 1. The van der Waals surface area contributed by atoms with Crippen LogP contribution in [0, 0.1) is 0 Å². The second-order valence-electron chi connectivity index (χ2n) is 3.94. The van der Waals surface area contributed by atoms with Crippen molar-refractivity contribution < 1.29 is 9.53 Å². The van der Waals surface area contributed by atoms with E-state index in [-0.39, 0.29) is 5.91 Å². The van der Waals surface area contributed by atoms with Gasteiger partial charge >= 0.3 is 0 Å². The van der Waals surface area contributed by atoms with Gasteiger partial charge in [-0.1, -0.05) is 6.92 Å². The number of carbonyl (C=O) groups is 1. The Balaban J connectivity index is 2.66. The fourth-order valence-electron chi connectivity index (χ4n) is 1.55. The third-order valence-corrected chi connectivity index (χ3v) is 2.57. The van der Waals surface area contributed by atoms with Gasteiger partial charge in [-0.3, -0.25) is 4.79 Å². The molecule has 0 fully saturated rings. The number of nitrogens with zero attached hydrogens (tertiary/aromatic N) is 1. The van der Waals surface area contributed by atoms with Gasteiger partial charge in [-0.05, 0) is 25.0 Å². The van der Waals surface area contributed by atoms with Crippen molar-refractivity contribution in [2.24, 2.45) is 0 Å². The van der Waals surface area contributed by atoms with E-state index in [0.29, 0.717) is 18.7 Å². The third-order valence-electron chi connectivity index (χ3n) is 2.57. The van der Waals surface area contributed by atoms with E-state index in [1.807, 2.05) is 13.0 Å². The minimum atomic E-state index is -0.0697. The van der Waals surface area contributed by atoms with Crippen LogP contribution in [0.4, 0.5) is 5.82 Å². The van der Waals surface area contributed by atoms with Gasteiger partial charge in [0.25, 0.3) is 5.91 Å². The van der Waals surface area contributed by atoms with Gasteiger partial charge in [0.05, 0.1) is 0 Å². The van der Waals surface area contributed by atoms with Gasteiger partial charge in [-0.15, -0.1) is 0 Å². The number of hydrogen-bond acceptors (Lipinski definition) is 4. The Kier molecular flexibility index (Phi) is 6.14.